The first-order valence-electron chi connectivity index (χ1n) is 7.05. The van der Waals surface area contributed by atoms with Crippen LogP contribution in [-0.2, 0) is 19.7 Å². The van der Waals surface area contributed by atoms with Crippen molar-refractivity contribution in [1.29, 1.82) is 0 Å². The third kappa shape index (κ3) is 5.01. The summed E-state index contributed by atoms with van der Waals surface area (Å²) in [5.41, 5.74) is 0. The van der Waals surface area contributed by atoms with Gasteiger partial charge in [-0.05, 0) is 19.8 Å². The summed E-state index contributed by atoms with van der Waals surface area (Å²) < 4.78 is 33.0. The molecule has 8 heteroatoms. The van der Waals surface area contributed by atoms with E-state index in [0.717, 1.165) is 0 Å². The van der Waals surface area contributed by atoms with E-state index in [-0.39, 0.29) is 6.61 Å². The molecular formula is C12H25N3O4S. The van der Waals surface area contributed by atoms with Crippen LogP contribution in [0.5, 0.6) is 0 Å². The molecule has 0 saturated carbocycles. The predicted molar refractivity (Wildman–Crippen MR) is 76.4 cm³/mol. The number of hydrogen-bond donors (Lipinski definition) is 2. The minimum Gasteiger partial charge on any atom is -0.465 e. The minimum atomic E-state index is -3.63. The Balaban J connectivity index is 2.54. The highest BCUT2D eigenvalue weighted by Crippen LogP contribution is 2.21. The van der Waals surface area contributed by atoms with Gasteiger partial charge in [-0.1, -0.05) is 13.8 Å². The number of ether oxygens (including phenoxy) is 1. The number of hydrogen-bond acceptors (Lipinski definition) is 5. The molecule has 118 valence electrons. The van der Waals surface area contributed by atoms with Crippen molar-refractivity contribution in [1.82, 2.24) is 14.3 Å². The third-order valence-corrected chi connectivity index (χ3v) is 4.66. The second kappa shape index (κ2) is 7.92. The van der Waals surface area contributed by atoms with Crippen molar-refractivity contribution in [2.24, 2.45) is 0 Å². The molecule has 1 fully saturated rings. The highest BCUT2D eigenvalue weighted by atomic mass is 32.2. The molecule has 2 N–H and O–H groups in total. The van der Waals surface area contributed by atoms with Crippen LogP contribution in [0.25, 0.3) is 0 Å². The van der Waals surface area contributed by atoms with Gasteiger partial charge in [0, 0.05) is 25.7 Å². The zero-order valence-electron chi connectivity index (χ0n) is 12.4. The maximum absolute atomic E-state index is 12.2. The Morgan fingerprint density at radius 2 is 2.10 bits per heavy atom. The van der Waals surface area contributed by atoms with Crippen LogP contribution < -0.4 is 10.0 Å². The number of nitrogens with zero attached hydrogens (tertiary/aromatic N) is 1. The molecule has 0 spiro atoms. The van der Waals surface area contributed by atoms with Crippen LogP contribution in [0.4, 0.5) is 0 Å². The molecule has 0 aromatic carbocycles. The second-order valence-corrected chi connectivity index (χ2v) is 6.74. The molecule has 0 radical (unpaired) electrons. The third-order valence-electron chi connectivity index (χ3n) is 3.03. The van der Waals surface area contributed by atoms with Crippen LogP contribution in [0.15, 0.2) is 0 Å². The first-order valence-corrected chi connectivity index (χ1v) is 8.49. The summed E-state index contributed by atoms with van der Waals surface area (Å²) in [5, 5.41) is 3.13. The summed E-state index contributed by atoms with van der Waals surface area (Å²) in [6.07, 6.45) is 1.19. The highest BCUT2D eigenvalue weighted by Gasteiger charge is 2.39. The van der Waals surface area contributed by atoms with Crippen molar-refractivity contribution >= 4 is 16.2 Å². The van der Waals surface area contributed by atoms with Crippen molar-refractivity contribution in [2.75, 3.05) is 26.2 Å². The molecular weight excluding hydrogens is 282 g/mol. The molecule has 1 aliphatic heterocycles. The van der Waals surface area contributed by atoms with Crippen molar-refractivity contribution < 1.29 is 17.9 Å². The Morgan fingerprint density at radius 1 is 1.40 bits per heavy atom. The molecule has 1 saturated heterocycles. The lowest BCUT2D eigenvalue weighted by Crippen LogP contribution is -2.48. The SMILES string of the molecule is CCOC(=O)C1CCCN1S(=O)(=O)NCCNC(C)C. The lowest BCUT2D eigenvalue weighted by molar-refractivity contribution is -0.146. The molecule has 0 amide bonds. The number of nitrogens with one attached hydrogen (secondary N) is 2. The average molecular weight is 307 g/mol. The molecule has 0 aromatic heterocycles. The minimum absolute atomic E-state index is 0.259. The second-order valence-electron chi connectivity index (χ2n) is 5.03. The molecule has 1 aliphatic rings. The fourth-order valence-electron chi connectivity index (χ4n) is 2.13. The van der Waals surface area contributed by atoms with Crippen LogP contribution in [0.1, 0.15) is 33.6 Å². The van der Waals surface area contributed by atoms with Gasteiger partial charge in [-0.25, -0.2) is 4.72 Å². The topological polar surface area (TPSA) is 87.7 Å². The Morgan fingerprint density at radius 3 is 2.70 bits per heavy atom. The number of rotatable bonds is 8. The van der Waals surface area contributed by atoms with Crippen LogP contribution in [0.2, 0.25) is 0 Å². The van der Waals surface area contributed by atoms with E-state index >= 15 is 0 Å². The van der Waals surface area contributed by atoms with Gasteiger partial charge in [0.05, 0.1) is 6.61 Å². The van der Waals surface area contributed by atoms with E-state index in [1.807, 2.05) is 13.8 Å². The van der Waals surface area contributed by atoms with Gasteiger partial charge in [0.1, 0.15) is 6.04 Å². The highest BCUT2D eigenvalue weighted by molar-refractivity contribution is 7.87. The van der Waals surface area contributed by atoms with Crippen LogP contribution >= 0.6 is 0 Å². The molecule has 20 heavy (non-hydrogen) atoms. The van der Waals surface area contributed by atoms with Crippen molar-refractivity contribution in [3.8, 4) is 0 Å². The van der Waals surface area contributed by atoms with Crippen molar-refractivity contribution in [3.63, 3.8) is 0 Å². The van der Waals surface area contributed by atoms with Gasteiger partial charge in [-0.15, -0.1) is 0 Å². The zero-order chi connectivity index (χ0) is 15.2. The van der Waals surface area contributed by atoms with Gasteiger partial charge in [-0.3, -0.25) is 4.79 Å². The lowest BCUT2D eigenvalue weighted by Gasteiger charge is -2.22. The number of carbonyl (C=O) groups is 1. The largest absolute Gasteiger partial charge is 0.465 e. The average Bonchev–Trinajstić information content (AvgIpc) is 2.85. The van der Waals surface area contributed by atoms with E-state index in [9.17, 15) is 13.2 Å². The van der Waals surface area contributed by atoms with E-state index in [1.54, 1.807) is 6.92 Å². The van der Waals surface area contributed by atoms with Gasteiger partial charge in [-0.2, -0.15) is 12.7 Å². The molecule has 1 rings (SSSR count). The fourth-order valence-corrected chi connectivity index (χ4v) is 3.55. The Labute approximate surface area is 121 Å². The zero-order valence-corrected chi connectivity index (χ0v) is 13.2. The van der Waals surface area contributed by atoms with E-state index in [4.69, 9.17) is 4.74 Å². The Kier molecular flexibility index (Phi) is 6.87. The number of carbonyl (C=O) groups excluding carboxylic acids is 1. The molecule has 0 aromatic rings. The normalized spacial score (nSPS) is 20.5. The summed E-state index contributed by atoms with van der Waals surface area (Å²) in [5.74, 6) is -0.462. The maximum Gasteiger partial charge on any atom is 0.324 e. The lowest BCUT2D eigenvalue weighted by atomic mass is 10.2. The maximum atomic E-state index is 12.2. The van der Waals surface area contributed by atoms with Crippen LogP contribution in [-0.4, -0.2) is 57.0 Å². The first kappa shape index (κ1) is 17.4. The summed E-state index contributed by atoms with van der Waals surface area (Å²) in [6.45, 7) is 7.16. The smallest absolute Gasteiger partial charge is 0.324 e. The molecule has 0 aliphatic carbocycles. The van der Waals surface area contributed by atoms with Gasteiger partial charge in [0.15, 0.2) is 0 Å². The monoisotopic (exact) mass is 307 g/mol. The van der Waals surface area contributed by atoms with E-state index in [0.29, 0.717) is 38.5 Å². The predicted octanol–water partition coefficient (Wildman–Crippen LogP) is -0.154. The van der Waals surface area contributed by atoms with E-state index in [2.05, 4.69) is 10.0 Å². The van der Waals surface area contributed by atoms with Gasteiger partial charge in [0.25, 0.3) is 10.2 Å². The van der Waals surface area contributed by atoms with Gasteiger partial charge < -0.3 is 10.1 Å². The van der Waals surface area contributed by atoms with Crippen molar-refractivity contribution in [3.05, 3.63) is 0 Å². The summed E-state index contributed by atoms with van der Waals surface area (Å²) in [7, 11) is -3.63. The summed E-state index contributed by atoms with van der Waals surface area (Å²) >= 11 is 0. The van der Waals surface area contributed by atoms with E-state index in [1.165, 1.54) is 4.31 Å². The summed E-state index contributed by atoms with van der Waals surface area (Å²) in [4.78, 5) is 11.8. The molecule has 1 heterocycles. The Bertz CT molecular complexity index is 411. The first-order chi connectivity index (χ1) is 9.38. The molecule has 7 nitrogen and oxygen atoms in total. The molecule has 1 unspecified atom stereocenters. The molecule has 1 atom stereocenters. The van der Waals surface area contributed by atoms with Gasteiger partial charge >= 0.3 is 5.97 Å². The number of esters is 1. The van der Waals surface area contributed by atoms with Gasteiger partial charge in [0.2, 0.25) is 0 Å². The van der Waals surface area contributed by atoms with Crippen LogP contribution in [0.3, 0.4) is 0 Å². The Hall–Kier alpha value is -0.700. The summed E-state index contributed by atoms with van der Waals surface area (Å²) in [6, 6.07) is -0.385. The molecule has 0 bridgehead atoms. The van der Waals surface area contributed by atoms with E-state index < -0.39 is 22.2 Å². The van der Waals surface area contributed by atoms with Crippen molar-refractivity contribution in [2.45, 2.75) is 45.7 Å². The van der Waals surface area contributed by atoms with Crippen LogP contribution in [0, 0.1) is 0 Å². The quantitative estimate of drug-likeness (QED) is 0.481. The fraction of sp³-hybridized carbons (Fsp3) is 0.917. The standard InChI is InChI=1S/C12H25N3O4S/c1-4-19-12(16)11-6-5-9-15(11)20(17,18)14-8-7-13-10(2)3/h10-11,13-14H,4-9H2,1-3H3.